The molecule has 1 aliphatic rings. The summed E-state index contributed by atoms with van der Waals surface area (Å²) in [6, 6.07) is 9.23. The smallest absolute Gasteiger partial charge is 0.251 e. The molecule has 0 fully saturated rings. The van der Waals surface area contributed by atoms with Gasteiger partial charge in [0.15, 0.2) is 0 Å². The second kappa shape index (κ2) is 5.74. The van der Waals surface area contributed by atoms with Crippen LogP contribution in [0.3, 0.4) is 0 Å². The highest BCUT2D eigenvalue weighted by atomic mass is 16.4. The lowest BCUT2D eigenvalue weighted by molar-refractivity contribution is 0.0955. The van der Waals surface area contributed by atoms with Crippen LogP contribution < -0.4 is 5.32 Å². The van der Waals surface area contributed by atoms with Crippen molar-refractivity contribution in [3.8, 4) is 0 Å². The van der Waals surface area contributed by atoms with Crippen molar-refractivity contribution in [3.05, 3.63) is 58.5 Å². The third-order valence-corrected chi connectivity index (χ3v) is 3.90. The fourth-order valence-corrected chi connectivity index (χ4v) is 2.67. The molecule has 3 rings (SSSR count). The van der Waals surface area contributed by atoms with Crippen LogP contribution in [0.25, 0.3) is 0 Å². The van der Waals surface area contributed by atoms with E-state index in [1.54, 1.807) is 12.1 Å². The Hall–Kier alpha value is -2.07. The van der Waals surface area contributed by atoms with E-state index in [0.717, 1.165) is 30.6 Å². The van der Waals surface area contributed by atoms with Crippen LogP contribution in [0.2, 0.25) is 0 Å². The van der Waals surface area contributed by atoms with Crippen molar-refractivity contribution >= 4 is 5.91 Å². The summed E-state index contributed by atoms with van der Waals surface area (Å²) in [6.07, 6.45) is 1.77. The van der Waals surface area contributed by atoms with Gasteiger partial charge in [-0.05, 0) is 42.2 Å². The minimum absolute atomic E-state index is 0.0646. The molecule has 4 nitrogen and oxygen atoms in total. The highest BCUT2D eigenvalue weighted by molar-refractivity contribution is 5.96. The standard InChI is InChI=1S/C17H19NO3/c1-2-13-7-8-15(21-13)16(19)12-6-5-11-4-3-9-18-17(20)14(11)10-12/h5-8,10,16,19H,2-4,9H2,1H3,(H,18,20). The second-order valence-electron chi connectivity index (χ2n) is 5.34. The summed E-state index contributed by atoms with van der Waals surface area (Å²) in [6.45, 7) is 2.70. The number of nitrogens with one attached hydrogen (secondary N) is 1. The normalized spacial score (nSPS) is 16.0. The van der Waals surface area contributed by atoms with E-state index < -0.39 is 6.10 Å². The maximum atomic E-state index is 12.1. The van der Waals surface area contributed by atoms with Gasteiger partial charge >= 0.3 is 0 Å². The minimum Gasteiger partial charge on any atom is -0.463 e. The average molecular weight is 285 g/mol. The molecule has 2 N–H and O–H groups in total. The van der Waals surface area contributed by atoms with Crippen molar-refractivity contribution < 1.29 is 14.3 Å². The fourth-order valence-electron chi connectivity index (χ4n) is 2.67. The summed E-state index contributed by atoms with van der Waals surface area (Å²) in [7, 11) is 0. The first kappa shape index (κ1) is 13.9. The first-order valence-corrected chi connectivity index (χ1v) is 7.36. The number of fused-ring (bicyclic) bond motifs is 1. The number of furan rings is 1. The topological polar surface area (TPSA) is 62.5 Å². The van der Waals surface area contributed by atoms with Gasteiger partial charge < -0.3 is 14.8 Å². The van der Waals surface area contributed by atoms with Crippen LogP contribution in [0.4, 0.5) is 0 Å². The number of amides is 1. The first-order valence-electron chi connectivity index (χ1n) is 7.36. The molecule has 0 radical (unpaired) electrons. The fraction of sp³-hybridized carbons (Fsp3) is 0.353. The van der Waals surface area contributed by atoms with Gasteiger partial charge in [0.1, 0.15) is 17.6 Å². The van der Waals surface area contributed by atoms with Crippen LogP contribution in [0.1, 0.15) is 52.5 Å². The van der Waals surface area contributed by atoms with E-state index in [4.69, 9.17) is 4.42 Å². The second-order valence-corrected chi connectivity index (χ2v) is 5.34. The Kier molecular flexibility index (Phi) is 3.80. The number of rotatable bonds is 3. The molecule has 1 aliphatic heterocycles. The molecule has 2 aromatic rings. The van der Waals surface area contributed by atoms with Gasteiger partial charge in [-0.3, -0.25) is 4.79 Å². The van der Waals surface area contributed by atoms with Gasteiger partial charge in [-0.25, -0.2) is 0 Å². The Morgan fingerprint density at radius 3 is 2.95 bits per heavy atom. The van der Waals surface area contributed by atoms with Crippen LogP contribution >= 0.6 is 0 Å². The molecule has 1 aromatic carbocycles. The van der Waals surface area contributed by atoms with E-state index >= 15 is 0 Å². The Labute approximate surface area is 123 Å². The largest absolute Gasteiger partial charge is 0.463 e. The third kappa shape index (κ3) is 2.72. The molecule has 4 heteroatoms. The van der Waals surface area contributed by atoms with Gasteiger partial charge in [0.05, 0.1) is 0 Å². The molecule has 0 spiro atoms. The number of carbonyl (C=O) groups is 1. The van der Waals surface area contributed by atoms with E-state index in [0.29, 0.717) is 23.4 Å². The van der Waals surface area contributed by atoms with Gasteiger partial charge in [0, 0.05) is 18.5 Å². The van der Waals surface area contributed by atoms with Gasteiger partial charge in [-0.1, -0.05) is 19.1 Å². The third-order valence-electron chi connectivity index (χ3n) is 3.90. The van der Waals surface area contributed by atoms with Crippen LogP contribution in [0.15, 0.2) is 34.7 Å². The number of hydrogen-bond acceptors (Lipinski definition) is 3. The Morgan fingerprint density at radius 2 is 2.19 bits per heavy atom. The summed E-state index contributed by atoms with van der Waals surface area (Å²) in [5, 5.41) is 13.3. The van der Waals surface area contributed by atoms with Crippen LogP contribution in [-0.2, 0) is 12.8 Å². The molecule has 0 saturated carbocycles. The SMILES string of the molecule is CCc1ccc(C(O)c2ccc3c(c2)C(=O)NCCC3)o1. The summed E-state index contributed by atoms with van der Waals surface area (Å²) < 4.78 is 5.59. The lowest BCUT2D eigenvalue weighted by atomic mass is 9.97. The summed E-state index contributed by atoms with van der Waals surface area (Å²) in [5.41, 5.74) is 2.38. The molecule has 0 aliphatic carbocycles. The highest BCUT2D eigenvalue weighted by Crippen LogP contribution is 2.27. The van der Waals surface area contributed by atoms with Crippen LogP contribution in [-0.4, -0.2) is 17.6 Å². The Bertz CT molecular complexity index is 660. The van der Waals surface area contributed by atoms with E-state index in [9.17, 15) is 9.90 Å². The molecule has 1 unspecified atom stereocenters. The lowest BCUT2D eigenvalue weighted by Gasteiger charge is -2.12. The minimum atomic E-state index is -0.841. The molecule has 21 heavy (non-hydrogen) atoms. The highest BCUT2D eigenvalue weighted by Gasteiger charge is 2.20. The van der Waals surface area contributed by atoms with Crippen LogP contribution in [0, 0.1) is 0 Å². The molecule has 0 saturated heterocycles. The first-order chi connectivity index (χ1) is 10.2. The molecular weight excluding hydrogens is 266 g/mol. The molecule has 1 amide bonds. The molecular formula is C17H19NO3. The molecule has 0 bridgehead atoms. The summed E-state index contributed by atoms with van der Waals surface area (Å²) >= 11 is 0. The van der Waals surface area contributed by atoms with Crippen molar-refractivity contribution in [2.24, 2.45) is 0 Å². The van der Waals surface area contributed by atoms with Gasteiger partial charge in [0.2, 0.25) is 0 Å². The van der Waals surface area contributed by atoms with E-state index in [1.165, 1.54) is 0 Å². The Balaban J connectivity index is 1.93. The van der Waals surface area contributed by atoms with E-state index in [1.807, 2.05) is 25.1 Å². The quantitative estimate of drug-likeness (QED) is 0.911. The average Bonchev–Trinajstić information content (AvgIpc) is 2.92. The summed E-state index contributed by atoms with van der Waals surface area (Å²) in [4.78, 5) is 12.1. The van der Waals surface area contributed by atoms with Gasteiger partial charge in [-0.2, -0.15) is 0 Å². The van der Waals surface area contributed by atoms with Crippen LogP contribution in [0.5, 0.6) is 0 Å². The van der Waals surface area contributed by atoms with E-state index in [2.05, 4.69) is 5.32 Å². The number of benzene rings is 1. The zero-order chi connectivity index (χ0) is 14.8. The number of aryl methyl sites for hydroxylation is 2. The number of hydrogen-bond donors (Lipinski definition) is 2. The van der Waals surface area contributed by atoms with Gasteiger partial charge in [0.25, 0.3) is 5.91 Å². The Morgan fingerprint density at radius 1 is 1.33 bits per heavy atom. The molecule has 1 atom stereocenters. The number of carbonyl (C=O) groups excluding carboxylic acids is 1. The van der Waals surface area contributed by atoms with Crippen molar-refractivity contribution in [3.63, 3.8) is 0 Å². The monoisotopic (exact) mass is 285 g/mol. The van der Waals surface area contributed by atoms with Gasteiger partial charge in [-0.15, -0.1) is 0 Å². The number of aliphatic hydroxyl groups is 1. The number of aliphatic hydroxyl groups excluding tert-OH is 1. The van der Waals surface area contributed by atoms with Crippen molar-refractivity contribution in [2.45, 2.75) is 32.3 Å². The molecule has 2 heterocycles. The van der Waals surface area contributed by atoms with Crippen molar-refractivity contribution in [1.29, 1.82) is 0 Å². The zero-order valence-corrected chi connectivity index (χ0v) is 12.1. The zero-order valence-electron chi connectivity index (χ0n) is 12.1. The lowest BCUT2D eigenvalue weighted by Crippen LogP contribution is -2.22. The summed E-state index contributed by atoms with van der Waals surface area (Å²) in [5.74, 6) is 1.29. The maximum absolute atomic E-state index is 12.1. The predicted octanol–water partition coefficient (Wildman–Crippen LogP) is 2.60. The molecule has 110 valence electrons. The maximum Gasteiger partial charge on any atom is 0.251 e. The predicted molar refractivity (Wildman–Crippen MR) is 79.2 cm³/mol. The van der Waals surface area contributed by atoms with E-state index in [-0.39, 0.29) is 5.91 Å². The van der Waals surface area contributed by atoms with Crippen molar-refractivity contribution in [1.82, 2.24) is 5.32 Å². The van der Waals surface area contributed by atoms with Crippen molar-refractivity contribution in [2.75, 3.05) is 6.54 Å². The molecule has 1 aromatic heterocycles.